The number of aliphatic carboxylic acids is 1. The minimum absolute atomic E-state index is 0.158. The van der Waals surface area contributed by atoms with Crippen molar-refractivity contribution in [1.82, 2.24) is 9.29 Å². The van der Waals surface area contributed by atoms with Crippen LogP contribution in [0.25, 0.3) is 0 Å². The minimum Gasteiger partial charge on any atom is -0.480 e. The van der Waals surface area contributed by atoms with E-state index < -0.39 is 28.1 Å². The van der Waals surface area contributed by atoms with E-state index in [0.29, 0.717) is 5.69 Å². The second-order valence-electron chi connectivity index (χ2n) is 5.46. The van der Waals surface area contributed by atoms with Crippen LogP contribution in [0, 0.1) is 0 Å². The van der Waals surface area contributed by atoms with Crippen molar-refractivity contribution < 1.29 is 18.3 Å². The van der Waals surface area contributed by atoms with Gasteiger partial charge in [0.2, 0.25) is 10.0 Å². The van der Waals surface area contributed by atoms with Crippen LogP contribution < -0.4 is 0 Å². The number of sulfonamides is 1. The van der Waals surface area contributed by atoms with Crippen LogP contribution >= 0.6 is 0 Å². The third-order valence-corrected chi connectivity index (χ3v) is 4.77. The highest BCUT2D eigenvalue weighted by Gasteiger charge is 2.34. The molecule has 20 heavy (non-hydrogen) atoms. The van der Waals surface area contributed by atoms with E-state index in [2.05, 4.69) is 4.98 Å². The van der Waals surface area contributed by atoms with Gasteiger partial charge in [-0.2, -0.15) is 4.31 Å². The summed E-state index contributed by atoms with van der Waals surface area (Å²) in [6, 6.07) is 5.28. The van der Waals surface area contributed by atoms with Crippen LogP contribution in [0.2, 0.25) is 0 Å². The highest BCUT2D eigenvalue weighted by atomic mass is 32.2. The van der Waals surface area contributed by atoms with Gasteiger partial charge in [-0.05, 0) is 32.9 Å². The summed E-state index contributed by atoms with van der Waals surface area (Å²) in [5.74, 6) is -1.32. The molecule has 0 saturated carbocycles. The van der Waals surface area contributed by atoms with Gasteiger partial charge in [0.05, 0.1) is 5.75 Å². The number of nitrogens with zero attached hydrogens (tertiary/aromatic N) is 2. The number of rotatable bonds is 6. The molecule has 0 unspecified atom stereocenters. The molecule has 1 aromatic rings. The van der Waals surface area contributed by atoms with Crippen molar-refractivity contribution in [3.63, 3.8) is 0 Å². The Morgan fingerprint density at radius 1 is 1.35 bits per heavy atom. The van der Waals surface area contributed by atoms with E-state index in [1.54, 1.807) is 45.2 Å². The van der Waals surface area contributed by atoms with Crippen molar-refractivity contribution in [1.29, 1.82) is 0 Å². The van der Waals surface area contributed by atoms with Crippen molar-refractivity contribution in [2.75, 3.05) is 12.3 Å². The predicted octanol–water partition coefficient (Wildman–Crippen LogP) is 1.14. The van der Waals surface area contributed by atoms with Crippen molar-refractivity contribution in [3.8, 4) is 0 Å². The molecule has 1 rings (SSSR count). The third kappa shape index (κ3) is 4.90. The Morgan fingerprint density at radius 3 is 2.45 bits per heavy atom. The zero-order valence-electron chi connectivity index (χ0n) is 11.9. The average Bonchev–Trinajstić information content (AvgIpc) is 2.33. The second-order valence-corrected chi connectivity index (χ2v) is 7.47. The van der Waals surface area contributed by atoms with E-state index in [1.807, 2.05) is 0 Å². The molecule has 0 amide bonds. The highest BCUT2D eigenvalue weighted by molar-refractivity contribution is 7.89. The second kappa shape index (κ2) is 6.32. The molecule has 112 valence electrons. The molecule has 0 radical (unpaired) electrons. The first-order chi connectivity index (χ1) is 9.13. The lowest BCUT2D eigenvalue weighted by Crippen LogP contribution is -2.49. The lowest BCUT2D eigenvalue weighted by Gasteiger charge is -2.33. The molecule has 0 fully saturated rings. The van der Waals surface area contributed by atoms with Crippen LogP contribution in [0.4, 0.5) is 0 Å². The Morgan fingerprint density at radius 2 is 2.00 bits per heavy atom. The van der Waals surface area contributed by atoms with E-state index in [-0.39, 0.29) is 12.2 Å². The summed E-state index contributed by atoms with van der Waals surface area (Å²) < 4.78 is 25.7. The molecule has 1 aromatic heterocycles. The van der Waals surface area contributed by atoms with E-state index in [4.69, 9.17) is 5.11 Å². The van der Waals surface area contributed by atoms with Crippen LogP contribution in [0.5, 0.6) is 0 Å². The Labute approximate surface area is 119 Å². The van der Waals surface area contributed by atoms with Crippen LogP contribution in [0.15, 0.2) is 24.4 Å². The minimum atomic E-state index is -3.66. The van der Waals surface area contributed by atoms with Crippen molar-refractivity contribution in [3.05, 3.63) is 30.1 Å². The fourth-order valence-electron chi connectivity index (χ4n) is 1.77. The highest BCUT2D eigenvalue weighted by Crippen LogP contribution is 2.18. The van der Waals surface area contributed by atoms with Gasteiger partial charge in [0.25, 0.3) is 0 Å². The normalized spacial score (nSPS) is 12.6. The lowest BCUT2D eigenvalue weighted by molar-refractivity contribution is -0.138. The molecule has 6 nitrogen and oxygen atoms in total. The summed E-state index contributed by atoms with van der Waals surface area (Å²) in [5.41, 5.74) is -0.110. The van der Waals surface area contributed by atoms with Gasteiger partial charge in [-0.3, -0.25) is 9.78 Å². The molecule has 7 heteroatoms. The molecule has 0 aromatic carbocycles. The fourth-order valence-corrected chi connectivity index (χ4v) is 3.59. The number of aromatic nitrogens is 1. The quantitative estimate of drug-likeness (QED) is 0.851. The van der Waals surface area contributed by atoms with Gasteiger partial charge in [-0.25, -0.2) is 8.42 Å². The fraction of sp³-hybridized carbons (Fsp3) is 0.538. The Kier molecular flexibility index (Phi) is 5.24. The van der Waals surface area contributed by atoms with Crippen molar-refractivity contribution >= 4 is 16.0 Å². The monoisotopic (exact) mass is 300 g/mol. The molecular weight excluding hydrogens is 280 g/mol. The van der Waals surface area contributed by atoms with Crippen LogP contribution in [-0.2, 0) is 21.2 Å². The number of carbonyl (C=O) groups is 1. The summed E-state index contributed by atoms with van der Waals surface area (Å²) >= 11 is 0. The van der Waals surface area contributed by atoms with Gasteiger partial charge in [-0.15, -0.1) is 0 Å². The first-order valence-corrected chi connectivity index (χ1v) is 7.86. The first-order valence-electron chi connectivity index (χ1n) is 6.25. The summed E-state index contributed by atoms with van der Waals surface area (Å²) in [4.78, 5) is 14.9. The van der Waals surface area contributed by atoms with Gasteiger partial charge in [0.15, 0.2) is 0 Å². The standard InChI is InChI=1S/C13H20N2O4S/c1-13(2,3)15(10-12(16)17)20(18,19)9-7-11-6-4-5-8-14-11/h4-6,8H,7,9-10H2,1-3H3,(H,16,17). The third-order valence-electron chi connectivity index (χ3n) is 2.71. The smallest absolute Gasteiger partial charge is 0.318 e. The molecule has 0 aliphatic heterocycles. The number of carboxylic acids is 1. The van der Waals surface area contributed by atoms with Gasteiger partial charge in [0.1, 0.15) is 6.54 Å². The van der Waals surface area contributed by atoms with E-state index in [1.165, 1.54) is 0 Å². The van der Waals surface area contributed by atoms with Crippen molar-refractivity contribution in [2.24, 2.45) is 0 Å². The first kappa shape index (κ1) is 16.6. The predicted molar refractivity (Wildman–Crippen MR) is 75.8 cm³/mol. The number of aryl methyl sites for hydroxylation is 1. The zero-order valence-corrected chi connectivity index (χ0v) is 12.7. The topological polar surface area (TPSA) is 87.6 Å². The summed E-state index contributed by atoms with van der Waals surface area (Å²) in [7, 11) is -3.66. The maximum atomic E-state index is 12.3. The molecule has 1 N–H and O–H groups in total. The molecule has 0 spiro atoms. The average molecular weight is 300 g/mol. The molecule has 0 saturated heterocycles. The number of pyridine rings is 1. The van der Waals surface area contributed by atoms with Crippen molar-refractivity contribution in [2.45, 2.75) is 32.7 Å². The molecule has 0 aliphatic carbocycles. The van der Waals surface area contributed by atoms with Crippen LogP contribution in [-0.4, -0.2) is 46.6 Å². The largest absolute Gasteiger partial charge is 0.480 e. The van der Waals surface area contributed by atoms with Gasteiger partial charge < -0.3 is 5.11 Å². The van der Waals surface area contributed by atoms with E-state index >= 15 is 0 Å². The van der Waals surface area contributed by atoms with Crippen LogP contribution in [0.3, 0.4) is 0 Å². The number of hydrogen-bond acceptors (Lipinski definition) is 4. The molecular formula is C13H20N2O4S. The Bertz CT molecular complexity index is 549. The summed E-state index contributed by atoms with van der Waals surface area (Å²) in [6.07, 6.45) is 1.86. The number of hydrogen-bond donors (Lipinski definition) is 1. The van der Waals surface area contributed by atoms with Crippen LogP contribution in [0.1, 0.15) is 26.5 Å². The Hall–Kier alpha value is -1.47. The lowest BCUT2D eigenvalue weighted by atomic mass is 10.1. The van der Waals surface area contributed by atoms with Gasteiger partial charge >= 0.3 is 5.97 Å². The van der Waals surface area contributed by atoms with E-state index in [0.717, 1.165) is 4.31 Å². The Balaban J connectivity index is 2.86. The summed E-state index contributed by atoms with van der Waals surface area (Å²) in [5, 5.41) is 8.88. The van der Waals surface area contributed by atoms with Gasteiger partial charge in [-0.1, -0.05) is 6.07 Å². The molecule has 0 aliphatic rings. The maximum Gasteiger partial charge on any atom is 0.318 e. The van der Waals surface area contributed by atoms with E-state index in [9.17, 15) is 13.2 Å². The SMILES string of the molecule is CC(C)(C)N(CC(=O)O)S(=O)(=O)CCc1ccccn1. The molecule has 0 bridgehead atoms. The number of carboxylic acid groups (broad SMARTS) is 1. The molecule has 0 atom stereocenters. The summed E-state index contributed by atoms with van der Waals surface area (Å²) in [6.45, 7) is 4.49. The molecule has 1 heterocycles. The maximum absolute atomic E-state index is 12.3. The zero-order chi connectivity index (χ0) is 15.4. The van der Waals surface area contributed by atoms with Gasteiger partial charge in [0, 0.05) is 23.9 Å².